The maximum atomic E-state index is 13.8. The molecule has 0 bridgehead atoms. The van der Waals surface area contributed by atoms with Crippen molar-refractivity contribution in [2.75, 3.05) is 13.3 Å². The van der Waals surface area contributed by atoms with Crippen LogP contribution in [0.15, 0.2) is 54.9 Å². The van der Waals surface area contributed by atoms with Crippen molar-refractivity contribution in [3.05, 3.63) is 71.5 Å². The number of nitrogens with zero attached hydrogens (tertiary/aromatic N) is 2. The third-order valence-corrected chi connectivity index (χ3v) is 7.07. The minimum atomic E-state index is -0.733. The van der Waals surface area contributed by atoms with E-state index in [0.29, 0.717) is 0 Å². The van der Waals surface area contributed by atoms with E-state index in [-0.39, 0.29) is 18.4 Å². The van der Waals surface area contributed by atoms with Crippen LogP contribution < -0.4 is 5.73 Å². The monoisotopic (exact) mass is 456 g/mol. The molecule has 8 heteroatoms. The molecule has 0 radical (unpaired) electrons. The van der Waals surface area contributed by atoms with E-state index in [1.165, 1.54) is 5.56 Å². The predicted octanol–water partition coefficient (Wildman–Crippen LogP) is 2.76. The number of para-hydroxylation sites is 2. The van der Waals surface area contributed by atoms with Crippen LogP contribution in [0, 0.1) is 0 Å². The van der Waals surface area contributed by atoms with Crippen molar-refractivity contribution >= 4 is 39.6 Å². The van der Waals surface area contributed by atoms with Crippen LogP contribution in [0.2, 0.25) is 0 Å². The van der Waals surface area contributed by atoms with Gasteiger partial charge in [-0.3, -0.25) is 14.4 Å². The minimum Gasteiger partial charge on any atom is -0.443 e. The molecule has 1 saturated heterocycles. The van der Waals surface area contributed by atoms with Crippen molar-refractivity contribution in [3.63, 3.8) is 0 Å². The van der Waals surface area contributed by atoms with E-state index < -0.39 is 24.5 Å². The first kappa shape index (κ1) is 20.7. The molecular formula is C26H24N4O4. The van der Waals surface area contributed by atoms with Crippen LogP contribution in [0.4, 0.5) is 0 Å². The third-order valence-electron chi connectivity index (χ3n) is 7.07. The summed E-state index contributed by atoms with van der Waals surface area (Å²) in [6, 6.07) is 13.9. The van der Waals surface area contributed by atoms with Crippen molar-refractivity contribution in [3.8, 4) is 0 Å². The number of hydrogen-bond acceptors (Lipinski definition) is 5. The molecule has 4 heterocycles. The molecule has 1 fully saturated rings. The number of carbonyl (C=O) groups excluding carboxylic acids is 3. The fourth-order valence-corrected chi connectivity index (χ4v) is 5.56. The highest BCUT2D eigenvalue weighted by Gasteiger charge is 2.51. The van der Waals surface area contributed by atoms with E-state index in [0.717, 1.165) is 57.2 Å². The highest BCUT2D eigenvalue weighted by molar-refractivity contribution is 6.13. The fourth-order valence-electron chi connectivity index (χ4n) is 5.56. The van der Waals surface area contributed by atoms with Gasteiger partial charge in [0.25, 0.3) is 0 Å². The molecule has 2 aliphatic heterocycles. The number of aromatic nitrogens is 2. The molecule has 0 unspecified atom stereocenters. The molecular weight excluding hydrogens is 432 g/mol. The quantitative estimate of drug-likeness (QED) is 0.354. The number of likely N-dealkylation sites (tertiary alicyclic amines) is 1. The number of aryl methyl sites for hydroxylation is 2. The van der Waals surface area contributed by atoms with Gasteiger partial charge in [-0.05, 0) is 35.6 Å². The van der Waals surface area contributed by atoms with Gasteiger partial charge in [-0.15, -0.1) is 0 Å². The lowest BCUT2D eigenvalue weighted by atomic mass is 9.83. The molecule has 2 amide bonds. The van der Waals surface area contributed by atoms with Gasteiger partial charge in [0.15, 0.2) is 6.73 Å². The maximum Gasteiger partial charge on any atom is 0.321 e. The molecule has 172 valence electrons. The van der Waals surface area contributed by atoms with Gasteiger partial charge < -0.3 is 20.0 Å². The number of rotatable bonds is 5. The van der Waals surface area contributed by atoms with Crippen molar-refractivity contribution in [1.82, 2.24) is 14.5 Å². The largest absolute Gasteiger partial charge is 0.443 e. The number of nitrogens with one attached hydrogen (secondary N) is 1. The normalized spacial score (nSPS) is 20.0. The molecule has 2 aliphatic rings. The van der Waals surface area contributed by atoms with Gasteiger partial charge in [0, 0.05) is 35.2 Å². The molecule has 2 aromatic heterocycles. The first-order valence-corrected chi connectivity index (χ1v) is 11.5. The Hall–Kier alpha value is -3.91. The number of fused-ring (bicyclic) bond motifs is 1. The summed E-state index contributed by atoms with van der Waals surface area (Å²) < 4.78 is 7.30. The maximum absolute atomic E-state index is 13.8. The zero-order valence-electron chi connectivity index (χ0n) is 18.5. The second kappa shape index (κ2) is 7.85. The van der Waals surface area contributed by atoms with Crippen molar-refractivity contribution < 1.29 is 19.1 Å². The number of ether oxygens (including phenoxy) is 1. The zero-order valence-corrected chi connectivity index (χ0v) is 18.5. The molecule has 2 atom stereocenters. The van der Waals surface area contributed by atoms with Crippen LogP contribution >= 0.6 is 0 Å². The van der Waals surface area contributed by atoms with Crippen LogP contribution in [-0.2, 0) is 32.1 Å². The lowest BCUT2D eigenvalue weighted by Crippen LogP contribution is -2.35. The highest BCUT2D eigenvalue weighted by atomic mass is 16.5. The number of esters is 1. The van der Waals surface area contributed by atoms with Crippen molar-refractivity contribution in [2.24, 2.45) is 5.73 Å². The number of benzene rings is 2. The Kier molecular flexibility index (Phi) is 4.77. The molecule has 4 aromatic rings. The topological polar surface area (TPSA) is 110 Å². The van der Waals surface area contributed by atoms with E-state index >= 15 is 0 Å². The number of aromatic amines is 1. The summed E-state index contributed by atoms with van der Waals surface area (Å²) in [4.78, 5) is 43.4. The summed E-state index contributed by atoms with van der Waals surface area (Å²) in [5.74, 6) is -2.87. The number of amides is 2. The molecule has 0 spiro atoms. The Morgan fingerprint density at radius 3 is 2.62 bits per heavy atom. The van der Waals surface area contributed by atoms with E-state index in [1.807, 2.05) is 48.8 Å². The Morgan fingerprint density at radius 1 is 1.03 bits per heavy atom. The Balaban J connectivity index is 1.52. The number of carbonyl (C=O) groups is 3. The third kappa shape index (κ3) is 2.99. The van der Waals surface area contributed by atoms with Crippen molar-refractivity contribution in [2.45, 2.75) is 31.2 Å². The van der Waals surface area contributed by atoms with E-state index in [4.69, 9.17) is 10.5 Å². The van der Waals surface area contributed by atoms with E-state index in [1.54, 1.807) is 0 Å². The average molecular weight is 457 g/mol. The summed E-state index contributed by atoms with van der Waals surface area (Å²) in [6.07, 6.45) is 5.86. The smallest absolute Gasteiger partial charge is 0.321 e. The average Bonchev–Trinajstić information content (AvgIpc) is 3.51. The SMILES string of the molecule is NCC(=O)OCN1C(=O)[C@@H](c2c[nH]c3ccccc23)[C@H](c2cn3c4c(cccc24)CCC3)C1=O. The molecule has 0 aliphatic carbocycles. The molecule has 2 aromatic carbocycles. The summed E-state index contributed by atoms with van der Waals surface area (Å²) in [5, 5.41) is 1.89. The van der Waals surface area contributed by atoms with Crippen molar-refractivity contribution in [1.29, 1.82) is 0 Å². The fraction of sp³-hybridized carbons (Fsp3) is 0.269. The number of hydrogen-bond donors (Lipinski definition) is 2. The highest BCUT2D eigenvalue weighted by Crippen LogP contribution is 2.47. The Labute approximate surface area is 195 Å². The first-order chi connectivity index (χ1) is 16.6. The van der Waals surface area contributed by atoms with Crippen LogP contribution in [0.1, 0.15) is 34.9 Å². The van der Waals surface area contributed by atoms with Crippen LogP contribution in [0.3, 0.4) is 0 Å². The number of H-pyrrole nitrogens is 1. The standard InChI is InChI=1S/C26H24N4O4/c27-11-21(31)34-14-30-25(32)22(18-12-28-20-9-2-1-7-16(18)20)23(26(30)33)19-13-29-10-4-6-15-5-3-8-17(19)24(15)29/h1-3,5,7-9,12-13,22-23,28H,4,6,10-11,14,27H2/t22-,23-/m0/s1. The van der Waals surface area contributed by atoms with Gasteiger partial charge in [-0.25, -0.2) is 4.90 Å². The summed E-state index contributed by atoms with van der Waals surface area (Å²) in [5.41, 5.74) is 10.2. The molecule has 3 N–H and O–H groups in total. The summed E-state index contributed by atoms with van der Waals surface area (Å²) in [6.45, 7) is 0.118. The molecule has 8 nitrogen and oxygen atoms in total. The summed E-state index contributed by atoms with van der Waals surface area (Å²) >= 11 is 0. The van der Waals surface area contributed by atoms with Crippen LogP contribution in [0.5, 0.6) is 0 Å². The molecule has 34 heavy (non-hydrogen) atoms. The van der Waals surface area contributed by atoms with Crippen LogP contribution in [-0.4, -0.2) is 45.5 Å². The van der Waals surface area contributed by atoms with E-state index in [2.05, 4.69) is 15.6 Å². The lowest BCUT2D eigenvalue weighted by molar-refractivity contribution is -0.154. The summed E-state index contributed by atoms with van der Waals surface area (Å²) in [7, 11) is 0. The number of imide groups is 1. The van der Waals surface area contributed by atoms with Gasteiger partial charge in [0.1, 0.15) is 0 Å². The molecule has 6 rings (SSSR count). The van der Waals surface area contributed by atoms with Gasteiger partial charge in [0.05, 0.1) is 23.9 Å². The van der Waals surface area contributed by atoms with Gasteiger partial charge in [0.2, 0.25) is 11.8 Å². The van der Waals surface area contributed by atoms with E-state index in [9.17, 15) is 14.4 Å². The second-order valence-corrected chi connectivity index (χ2v) is 8.89. The second-order valence-electron chi connectivity index (χ2n) is 8.89. The van der Waals surface area contributed by atoms with Gasteiger partial charge in [-0.2, -0.15) is 0 Å². The Bertz CT molecular complexity index is 1470. The number of nitrogens with two attached hydrogens (primary N) is 1. The van der Waals surface area contributed by atoms with Gasteiger partial charge in [-0.1, -0.05) is 36.4 Å². The lowest BCUT2D eigenvalue weighted by Gasteiger charge is -2.15. The zero-order chi connectivity index (χ0) is 23.4. The van der Waals surface area contributed by atoms with Gasteiger partial charge >= 0.3 is 5.97 Å². The Morgan fingerprint density at radius 2 is 1.79 bits per heavy atom. The molecule has 0 saturated carbocycles. The predicted molar refractivity (Wildman–Crippen MR) is 126 cm³/mol. The minimum absolute atomic E-state index is 0.318. The first-order valence-electron chi connectivity index (χ1n) is 11.5. The van der Waals surface area contributed by atoms with Crippen LogP contribution in [0.25, 0.3) is 21.8 Å².